The summed E-state index contributed by atoms with van der Waals surface area (Å²) in [5, 5.41) is 12.7. The minimum absolute atomic E-state index is 0.286. The molecule has 3 nitrogen and oxygen atoms in total. The zero-order valence-electron chi connectivity index (χ0n) is 10.9. The topological polar surface area (TPSA) is 39.1 Å². The Morgan fingerprint density at radius 3 is 3.00 bits per heavy atom. The molecule has 100 valence electrons. The van der Waals surface area contributed by atoms with Crippen molar-refractivity contribution in [1.82, 2.24) is 4.90 Å². The van der Waals surface area contributed by atoms with Gasteiger partial charge in [-0.25, -0.2) is 4.39 Å². The van der Waals surface area contributed by atoms with Crippen LogP contribution in [0.4, 0.5) is 10.1 Å². The molecule has 0 aliphatic carbocycles. The fourth-order valence-corrected chi connectivity index (χ4v) is 3.32. The molecule has 2 unspecified atom stereocenters. The second-order valence-electron chi connectivity index (χ2n) is 5.58. The van der Waals surface area contributed by atoms with Gasteiger partial charge in [0.2, 0.25) is 0 Å². The van der Waals surface area contributed by atoms with Crippen molar-refractivity contribution >= 4 is 5.69 Å². The van der Waals surface area contributed by atoms with Crippen molar-refractivity contribution in [2.45, 2.75) is 37.3 Å². The summed E-state index contributed by atoms with van der Waals surface area (Å²) in [6, 6.07) is 9.47. The lowest BCUT2D eigenvalue weighted by atomic mass is 9.84. The molecule has 2 atom stereocenters. The van der Waals surface area contributed by atoms with Crippen LogP contribution in [-0.2, 0) is 0 Å². The average molecular weight is 259 g/mol. The van der Waals surface area contributed by atoms with Crippen LogP contribution in [0.2, 0.25) is 0 Å². The van der Waals surface area contributed by atoms with Crippen LogP contribution >= 0.6 is 0 Å². The molecule has 0 radical (unpaired) electrons. The monoisotopic (exact) mass is 259 g/mol. The number of rotatable bonds is 2. The number of fused-ring (bicyclic) bond motifs is 1. The first-order valence-electron chi connectivity index (χ1n) is 6.90. The highest BCUT2D eigenvalue weighted by Crippen LogP contribution is 2.35. The maximum atomic E-state index is 13.7. The number of hydrogen-bond donors (Lipinski definition) is 1. The van der Waals surface area contributed by atoms with E-state index in [0.717, 1.165) is 32.4 Å². The number of piperidine rings is 1. The van der Waals surface area contributed by atoms with Gasteiger partial charge < -0.3 is 10.2 Å². The Morgan fingerprint density at radius 1 is 1.37 bits per heavy atom. The fraction of sp³-hybridized carbons (Fsp3) is 0.533. The molecule has 2 aliphatic rings. The van der Waals surface area contributed by atoms with E-state index >= 15 is 0 Å². The van der Waals surface area contributed by atoms with Crippen LogP contribution in [0, 0.1) is 17.1 Å². The number of para-hydroxylation sites is 1. The predicted octanol–water partition coefficient (Wildman–Crippen LogP) is 2.76. The van der Waals surface area contributed by atoms with Crippen LogP contribution in [0.3, 0.4) is 0 Å². The lowest BCUT2D eigenvalue weighted by Gasteiger charge is -2.40. The Hall–Kier alpha value is -1.60. The maximum absolute atomic E-state index is 13.7. The minimum Gasteiger partial charge on any atom is -0.365 e. The number of halogens is 1. The van der Waals surface area contributed by atoms with E-state index in [0.29, 0.717) is 11.7 Å². The molecule has 4 heteroatoms. The summed E-state index contributed by atoms with van der Waals surface area (Å²) >= 11 is 0. The molecule has 0 bridgehead atoms. The molecule has 2 heterocycles. The van der Waals surface area contributed by atoms with Crippen molar-refractivity contribution in [1.29, 1.82) is 5.26 Å². The quantitative estimate of drug-likeness (QED) is 0.887. The Labute approximate surface area is 113 Å². The highest BCUT2D eigenvalue weighted by Gasteiger charge is 2.42. The second-order valence-corrected chi connectivity index (χ2v) is 5.58. The smallest absolute Gasteiger partial charge is 0.146 e. The van der Waals surface area contributed by atoms with Gasteiger partial charge in [0.1, 0.15) is 11.4 Å². The number of nitriles is 1. The first-order chi connectivity index (χ1) is 9.22. The Bertz CT molecular complexity index is 510. The Morgan fingerprint density at radius 2 is 2.21 bits per heavy atom. The van der Waals surface area contributed by atoms with Gasteiger partial charge in [0, 0.05) is 12.6 Å². The van der Waals surface area contributed by atoms with Crippen LogP contribution in [0.5, 0.6) is 0 Å². The molecule has 2 fully saturated rings. The van der Waals surface area contributed by atoms with Gasteiger partial charge in [-0.05, 0) is 44.4 Å². The summed E-state index contributed by atoms with van der Waals surface area (Å²) in [6.45, 7) is 2.07. The van der Waals surface area contributed by atoms with Crippen molar-refractivity contribution < 1.29 is 4.39 Å². The van der Waals surface area contributed by atoms with Crippen LogP contribution in [0.25, 0.3) is 0 Å². The van der Waals surface area contributed by atoms with Gasteiger partial charge >= 0.3 is 0 Å². The van der Waals surface area contributed by atoms with Crippen molar-refractivity contribution in [3.05, 3.63) is 30.1 Å². The van der Waals surface area contributed by atoms with E-state index in [1.165, 1.54) is 12.5 Å². The fourth-order valence-electron chi connectivity index (χ4n) is 3.32. The summed E-state index contributed by atoms with van der Waals surface area (Å²) in [6.07, 6.45) is 3.92. The van der Waals surface area contributed by atoms with Crippen molar-refractivity contribution in [2.75, 3.05) is 18.4 Å². The van der Waals surface area contributed by atoms with Gasteiger partial charge in [-0.15, -0.1) is 0 Å². The summed E-state index contributed by atoms with van der Waals surface area (Å²) in [5.41, 5.74) is -0.177. The van der Waals surface area contributed by atoms with E-state index in [1.54, 1.807) is 18.2 Å². The van der Waals surface area contributed by atoms with E-state index in [9.17, 15) is 9.65 Å². The van der Waals surface area contributed by atoms with Crippen molar-refractivity contribution in [3.63, 3.8) is 0 Å². The molecule has 1 N–H and O–H groups in total. The molecule has 3 rings (SSSR count). The van der Waals surface area contributed by atoms with Gasteiger partial charge in [-0.3, -0.25) is 0 Å². The molecule has 19 heavy (non-hydrogen) atoms. The highest BCUT2D eigenvalue weighted by molar-refractivity contribution is 5.49. The summed E-state index contributed by atoms with van der Waals surface area (Å²) < 4.78 is 13.7. The molecule has 0 saturated carbocycles. The number of nitrogens with zero attached hydrogens (tertiary/aromatic N) is 2. The lowest BCUT2D eigenvalue weighted by molar-refractivity contribution is 0.165. The van der Waals surface area contributed by atoms with Crippen LogP contribution in [-0.4, -0.2) is 29.6 Å². The molecule has 2 aliphatic heterocycles. The van der Waals surface area contributed by atoms with E-state index in [-0.39, 0.29) is 5.82 Å². The third-order valence-electron chi connectivity index (χ3n) is 4.37. The Balaban J connectivity index is 1.81. The first-order valence-corrected chi connectivity index (χ1v) is 6.90. The lowest BCUT2D eigenvalue weighted by Crippen LogP contribution is -2.51. The molecule has 0 amide bonds. The van der Waals surface area contributed by atoms with Gasteiger partial charge in [-0.1, -0.05) is 12.1 Å². The van der Waals surface area contributed by atoms with Crippen LogP contribution in [0.1, 0.15) is 25.7 Å². The SMILES string of the molecule is N#CC1(Nc2ccccc2F)CCN2CCCC2C1. The molecule has 0 aromatic heterocycles. The molecule has 2 saturated heterocycles. The van der Waals surface area contributed by atoms with E-state index in [1.807, 2.05) is 0 Å². The first kappa shape index (κ1) is 12.4. The summed E-state index contributed by atoms with van der Waals surface area (Å²) in [5.74, 6) is -0.286. The van der Waals surface area contributed by atoms with Gasteiger partial charge in [0.25, 0.3) is 0 Å². The normalized spacial score (nSPS) is 30.6. The van der Waals surface area contributed by atoms with Gasteiger partial charge in [-0.2, -0.15) is 5.26 Å². The minimum atomic E-state index is -0.617. The zero-order valence-corrected chi connectivity index (χ0v) is 10.9. The van der Waals surface area contributed by atoms with Gasteiger partial charge in [0.05, 0.1) is 11.8 Å². The highest BCUT2D eigenvalue weighted by atomic mass is 19.1. The standard InChI is InChI=1S/C15H18FN3/c16-13-5-1-2-6-14(13)18-15(11-17)7-9-19-8-3-4-12(19)10-15/h1-2,5-6,12,18H,3-4,7-10H2. The predicted molar refractivity (Wildman–Crippen MR) is 72.2 cm³/mol. The molecule has 1 aromatic carbocycles. The van der Waals surface area contributed by atoms with Crippen molar-refractivity contribution in [3.8, 4) is 6.07 Å². The number of nitrogens with one attached hydrogen (secondary N) is 1. The zero-order chi connectivity index (χ0) is 13.3. The van der Waals surface area contributed by atoms with E-state index < -0.39 is 5.54 Å². The van der Waals surface area contributed by atoms with Crippen molar-refractivity contribution in [2.24, 2.45) is 0 Å². The molecular formula is C15H18FN3. The van der Waals surface area contributed by atoms with Gasteiger partial charge in [0.15, 0.2) is 0 Å². The van der Waals surface area contributed by atoms with Crippen LogP contribution in [0.15, 0.2) is 24.3 Å². The molecule has 1 aromatic rings. The average Bonchev–Trinajstić information content (AvgIpc) is 2.88. The number of anilines is 1. The maximum Gasteiger partial charge on any atom is 0.146 e. The largest absolute Gasteiger partial charge is 0.365 e. The second kappa shape index (κ2) is 4.82. The number of hydrogen-bond acceptors (Lipinski definition) is 3. The number of benzene rings is 1. The summed E-state index contributed by atoms with van der Waals surface area (Å²) in [7, 11) is 0. The molecular weight excluding hydrogens is 241 g/mol. The third-order valence-corrected chi connectivity index (χ3v) is 4.37. The van der Waals surface area contributed by atoms with E-state index in [2.05, 4.69) is 16.3 Å². The molecule has 0 spiro atoms. The third kappa shape index (κ3) is 2.31. The van der Waals surface area contributed by atoms with E-state index in [4.69, 9.17) is 0 Å². The Kier molecular flexibility index (Phi) is 3.16. The summed E-state index contributed by atoms with van der Waals surface area (Å²) in [4.78, 5) is 2.46. The van der Waals surface area contributed by atoms with Crippen LogP contribution < -0.4 is 5.32 Å².